The number of hydrogen-bond donors (Lipinski definition) is 0. The van der Waals surface area contributed by atoms with Gasteiger partial charge in [-0.1, -0.05) is 108 Å². The van der Waals surface area contributed by atoms with Gasteiger partial charge in [0.15, 0.2) is 0 Å². The van der Waals surface area contributed by atoms with Crippen LogP contribution in [0.5, 0.6) is 0 Å². The average molecular weight is 504 g/mol. The molecule has 37 heavy (non-hydrogen) atoms. The summed E-state index contributed by atoms with van der Waals surface area (Å²) in [6, 6.07) is 37.2. The summed E-state index contributed by atoms with van der Waals surface area (Å²) in [4.78, 5) is 0.262. The highest BCUT2D eigenvalue weighted by atomic mass is 32.2. The third kappa shape index (κ3) is 4.93. The summed E-state index contributed by atoms with van der Waals surface area (Å²) in [5.74, 6) is 0. The molecule has 4 aromatic carbocycles. The van der Waals surface area contributed by atoms with Gasteiger partial charge in [-0.15, -0.1) is 0 Å². The highest BCUT2D eigenvalue weighted by Gasteiger charge is 2.26. The average Bonchev–Trinajstić information content (AvgIpc) is 3.25. The van der Waals surface area contributed by atoms with E-state index in [2.05, 4.69) is 24.3 Å². The maximum atomic E-state index is 14.2. The van der Waals surface area contributed by atoms with Crippen molar-refractivity contribution in [2.75, 3.05) is 0 Å². The first-order valence-electron chi connectivity index (χ1n) is 12.3. The Labute approximate surface area is 219 Å². The predicted molar refractivity (Wildman–Crippen MR) is 153 cm³/mol. The molecule has 1 aromatic heterocycles. The number of rotatable bonds is 6. The number of benzene rings is 4. The molecule has 0 amide bonds. The highest BCUT2D eigenvalue weighted by Crippen LogP contribution is 2.34. The van der Waals surface area contributed by atoms with Gasteiger partial charge >= 0.3 is 0 Å². The van der Waals surface area contributed by atoms with Crippen molar-refractivity contribution in [1.29, 1.82) is 0 Å². The SMILES string of the molecule is Cc1ccc(-c2cc(C)c(C=C(c3ccccc3)c3ccccc3)n2S(=O)(=O)c2ccc(C)cc2)cc1. The number of nitrogens with zero attached hydrogens (tertiary/aromatic N) is 1. The summed E-state index contributed by atoms with van der Waals surface area (Å²) in [6.45, 7) is 5.95. The quantitative estimate of drug-likeness (QED) is 0.236. The second-order valence-corrected chi connectivity index (χ2v) is 11.1. The molecule has 0 unspecified atom stereocenters. The van der Waals surface area contributed by atoms with E-state index >= 15 is 0 Å². The van der Waals surface area contributed by atoms with Crippen LogP contribution in [0.3, 0.4) is 0 Å². The monoisotopic (exact) mass is 503 g/mol. The normalized spacial score (nSPS) is 11.3. The Morgan fingerprint density at radius 1 is 0.649 bits per heavy atom. The molecular formula is C33H29NO2S. The second-order valence-electron chi connectivity index (χ2n) is 9.34. The molecule has 0 aliphatic carbocycles. The minimum absolute atomic E-state index is 0.262. The molecule has 4 heteroatoms. The van der Waals surface area contributed by atoms with Crippen molar-refractivity contribution in [2.45, 2.75) is 25.7 Å². The van der Waals surface area contributed by atoms with Gasteiger partial charge in [-0.3, -0.25) is 0 Å². The third-order valence-corrected chi connectivity index (χ3v) is 8.29. The highest BCUT2D eigenvalue weighted by molar-refractivity contribution is 7.90. The van der Waals surface area contributed by atoms with E-state index in [0.29, 0.717) is 11.4 Å². The van der Waals surface area contributed by atoms with E-state index in [4.69, 9.17) is 0 Å². The Bertz CT molecular complexity index is 1620. The van der Waals surface area contributed by atoms with Gasteiger partial charge in [0.25, 0.3) is 10.0 Å². The van der Waals surface area contributed by atoms with Crippen molar-refractivity contribution in [1.82, 2.24) is 3.97 Å². The maximum absolute atomic E-state index is 14.2. The van der Waals surface area contributed by atoms with Gasteiger partial charge in [0.2, 0.25) is 0 Å². The molecule has 3 nitrogen and oxygen atoms in total. The van der Waals surface area contributed by atoms with Gasteiger partial charge in [-0.2, -0.15) is 0 Å². The molecule has 0 radical (unpaired) electrons. The van der Waals surface area contributed by atoms with Crippen LogP contribution in [0.1, 0.15) is 33.5 Å². The molecule has 0 saturated carbocycles. The van der Waals surface area contributed by atoms with Crippen LogP contribution in [-0.2, 0) is 10.0 Å². The van der Waals surface area contributed by atoms with E-state index < -0.39 is 10.0 Å². The Morgan fingerprint density at radius 2 is 1.14 bits per heavy atom. The third-order valence-electron chi connectivity index (χ3n) is 6.55. The van der Waals surface area contributed by atoms with Gasteiger partial charge in [-0.05, 0) is 72.9 Å². The van der Waals surface area contributed by atoms with Crippen molar-refractivity contribution < 1.29 is 8.42 Å². The zero-order valence-corrected chi connectivity index (χ0v) is 22.0. The van der Waals surface area contributed by atoms with E-state index in [0.717, 1.165) is 39.0 Å². The first kappa shape index (κ1) is 24.5. The molecule has 1 heterocycles. The van der Waals surface area contributed by atoms with Crippen LogP contribution in [0.25, 0.3) is 22.9 Å². The van der Waals surface area contributed by atoms with Crippen LogP contribution in [0.4, 0.5) is 0 Å². The van der Waals surface area contributed by atoms with Crippen molar-refractivity contribution in [3.63, 3.8) is 0 Å². The summed E-state index contributed by atoms with van der Waals surface area (Å²) in [7, 11) is -3.89. The molecule has 0 fully saturated rings. The van der Waals surface area contributed by atoms with Gasteiger partial charge in [0.1, 0.15) is 0 Å². The molecule has 0 aliphatic rings. The predicted octanol–water partition coefficient (Wildman–Crippen LogP) is 7.91. The molecule has 184 valence electrons. The summed E-state index contributed by atoms with van der Waals surface area (Å²) in [5, 5.41) is 0. The Hall–Kier alpha value is -4.15. The fraction of sp³-hybridized carbons (Fsp3) is 0.0909. The summed E-state index contributed by atoms with van der Waals surface area (Å²) in [5.41, 5.74) is 8.14. The molecule has 5 aromatic rings. The lowest BCUT2D eigenvalue weighted by Crippen LogP contribution is -2.16. The molecule has 0 atom stereocenters. The fourth-order valence-electron chi connectivity index (χ4n) is 4.51. The van der Waals surface area contributed by atoms with E-state index in [1.807, 2.05) is 106 Å². The molecule has 0 aliphatic heterocycles. The molecule has 5 rings (SSSR count). The molecule has 0 N–H and O–H groups in total. The molecule has 0 saturated heterocycles. The van der Waals surface area contributed by atoms with Crippen LogP contribution in [-0.4, -0.2) is 12.4 Å². The largest absolute Gasteiger partial charge is 0.268 e. The standard InChI is InChI=1S/C33H29NO2S/c1-24-14-18-29(19-15-24)33-22-26(3)32(34(33)37(35,36)30-20-16-25(2)17-21-30)23-31(27-10-6-4-7-11-27)28-12-8-5-9-13-28/h4-23H,1-3H3. The van der Waals surface area contributed by atoms with Crippen LogP contribution in [0.2, 0.25) is 0 Å². The van der Waals surface area contributed by atoms with Crippen LogP contribution in [0.15, 0.2) is 120 Å². The van der Waals surface area contributed by atoms with Crippen molar-refractivity contribution in [3.05, 3.63) is 149 Å². The number of aromatic nitrogens is 1. The smallest absolute Gasteiger partial charge is 0.234 e. The number of hydrogen-bond acceptors (Lipinski definition) is 2. The molecule has 0 bridgehead atoms. The van der Waals surface area contributed by atoms with Crippen LogP contribution < -0.4 is 0 Å². The Morgan fingerprint density at radius 3 is 1.65 bits per heavy atom. The Kier molecular flexibility index (Phi) is 6.68. The maximum Gasteiger partial charge on any atom is 0.268 e. The zero-order chi connectivity index (χ0) is 26.0. The molecular weight excluding hydrogens is 474 g/mol. The van der Waals surface area contributed by atoms with E-state index in [9.17, 15) is 8.42 Å². The lowest BCUT2D eigenvalue weighted by Gasteiger charge is -2.16. The second kappa shape index (κ2) is 10.1. The lowest BCUT2D eigenvalue weighted by atomic mass is 9.96. The van der Waals surface area contributed by atoms with E-state index in [-0.39, 0.29) is 4.90 Å². The van der Waals surface area contributed by atoms with Gasteiger partial charge < -0.3 is 0 Å². The topological polar surface area (TPSA) is 39.1 Å². The van der Waals surface area contributed by atoms with Gasteiger partial charge in [-0.25, -0.2) is 12.4 Å². The van der Waals surface area contributed by atoms with Crippen LogP contribution in [0, 0.1) is 20.8 Å². The summed E-state index contributed by atoms with van der Waals surface area (Å²) < 4.78 is 30.0. The number of aryl methyl sites for hydroxylation is 3. The fourth-order valence-corrected chi connectivity index (χ4v) is 6.07. The van der Waals surface area contributed by atoms with Crippen molar-refractivity contribution >= 4 is 21.7 Å². The zero-order valence-electron chi connectivity index (χ0n) is 21.2. The van der Waals surface area contributed by atoms with E-state index in [1.165, 1.54) is 3.97 Å². The van der Waals surface area contributed by atoms with Gasteiger partial charge in [0, 0.05) is 0 Å². The lowest BCUT2D eigenvalue weighted by molar-refractivity contribution is 0.587. The van der Waals surface area contributed by atoms with Crippen molar-refractivity contribution in [2.24, 2.45) is 0 Å². The van der Waals surface area contributed by atoms with Gasteiger partial charge in [0.05, 0.1) is 16.3 Å². The minimum atomic E-state index is -3.89. The summed E-state index contributed by atoms with van der Waals surface area (Å²) >= 11 is 0. The first-order chi connectivity index (χ1) is 17.8. The minimum Gasteiger partial charge on any atom is -0.234 e. The molecule has 0 spiro atoms. The van der Waals surface area contributed by atoms with Crippen molar-refractivity contribution in [3.8, 4) is 11.3 Å². The Balaban J connectivity index is 1.82. The summed E-state index contributed by atoms with van der Waals surface area (Å²) in [6.07, 6.45) is 2.00. The first-order valence-corrected chi connectivity index (χ1v) is 13.7. The van der Waals surface area contributed by atoms with E-state index in [1.54, 1.807) is 12.1 Å². The van der Waals surface area contributed by atoms with Crippen LogP contribution >= 0.6 is 0 Å².